The molecule has 102 valence electrons. The number of nitrogens with zero attached hydrogens (tertiary/aromatic N) is 4. The first-order valence-electron chi connectivity index (χ1n) is 6.80. The first-order chi connectivity index (χ1) is 9.28. The zero-order valence-electron chi connectivity index (χ0n) is 11.3. The van der Waals surface area contributed by atoms with E-state index in [1.165, 1.54) is 6.33 Å². The van der Waals surface area contributed by atoms with Crippen molar-refractivity contribution in [1.29, 1.82) is 0 Å². The van der Waals surface area contributed by atoms with Gasteiger partial charge in [-0.25, -0.2) is 4.98 Å². The highest BCUT2D eigenvalue weighted by Crippen LogP contribution is 2.23. The third kappa shape index (κ3) is 2.40. The molecule has 0 bridgehead atoms. The van der Waals surface area contributed by atoms with Crippen LogP contribution in [0.4, 0.5) is 5.82 Å². The van der Waals surface area contributed by atoms with E-state index >= 15 is 0 Å². The van der Waals surface area contributed by atoms with E-state index in [9.17, 15) is 0 Å². The van der Waals surface area contributed by atoms with E-state index in [1.807, 2.05) is 13.0 Å². The van der Waals surface area contributed by atoms with Crippen LogP contribution in [-0.4, -0.2) is 38.8 Å². The topological polar surface area (TPSA) is 64.3 Å². The van der Waals surface area contributed by atoms with Gasteiger partial charge in [0.15, 0.2) is 0 Å². The van der Waals surface area contributed by atoms with Crippen LogP contribution in [0.1, 0.15) is 25.5 Å². The van der Waals surface area contributed by atoms with Crippen molar-refractivity contribution < 1.29 is 4.74 Å². The first kappa shape index (κ1) is 12.3. The number of nitrogens with one attached hydrogen (secondary N) is 1. The summed E-state index contributed by atoms with van der Waals surface area (Å²) in [6, 6.07) is 2.00. The normalized spacial score (nSPS) is 23.1. The van der Waals surface area contributed by atoms with E-state index in [1.54, 1.807) is 4.52 Å². The number of ether oxygens (including phenoxy) is 1. The second kappa shape index (κ2) is 5.13. The molecule has 0 radical (unpaired) electrons. The maximum atomic E-state index is 5.71. The highest BCUT2D eigenvalue weighted by molar-refractivity contribution is 5.44. The lowest BCUT2D eigenvalue weighted by Crippen LogP contribution is -2.23. The minimum absolute atomic E-state index is 0.377. The Balaban J connectivity index is 1.76. The summed E-state index contributed by atoms with van der Waals surface area (Å²) in [5.41, 5.74) is 0.942. The highest BCUT2D eigenvalue weighted by Gasteiger charge is 2.26. The van der Waals surface area contributed by atoms with Gasteiger partial charge in [-0.1, -0.05) is 6.92 Å². The van der Waals surface area contributed by atoms with Gasteiger partial charge in [-0.15, -0.1) is 0 Å². The lowest BCUT2D eigenvalue weighted by molar-refractivity contribution is 0.0900. The maximum absolute atomic E-state index is 5.71. The van der Waals surface area contributed by atoms with Crippen LogP contribution in [0.3, 0.4) is 0 Å². The Labute approximate surface area is 112 Å². The molecule has 0 spiro atoms. The van der Waals surface area contributed by atoms with Gasteiger partial charge in [0.05, 0.1) is 6.10 Å². The average molecular weight is 261 g/mol. The van der Waals surface area contributed by atoms with Crippen LogP contribution < -0.4 is 5.32 Å². The molecule has 1 aliphatic heterocycles. The Bertz CT molecular complexity index is 567. The molecule has 3 rings (SSSR count). The van der Waals surface area contributed by atoms with Crippen molar-refractivity contribution in [2.75, 3.05) is 18.5 Å². The van der Waals surface area contributed by atoms with Gasteiger partial charge >= 0.3 is 0 Å². The van der Waals surface area contributed by atoms with Crippen molar-refractivity contribution in [1.82, 2.24) is 19.6 Å². The first-order valence-corrected chi connectivity index (χ1v) is 6.80. The molecular formula is C13H19N5O. The van der Waals surface area contributed by atoms with Gasteiger partial charge in [-0.2, -0.15) is 14.6 Å². The predicted molar refractivity (Wildman–Crippen MR) is 72.1 cm³/mol. The van der Waals surface area contributed by atoms with Crippen LogP contribution in [-0.2, 0) is 4.74 Å². The summed E-state index contributed by atoms with van der Waals surface area (Å²) in [6.07, 6.45) is 4.10. The fraction of sp³-hybridized carbons (Fsp3) is 0.615. The molecule has 0 aromatic carbocycles. The molecule has 0 amide bonds. The number of hydrogen-bond donors (Lipinski definition) is 1. The molecule has 1 fully saturated rings. The molecule has 3 heterocycles. The van der Waals surface area contributed by atoms with Gasteiger partial charge in [-0.3, -0.25) is 0 Å². The van der Waals surface area contributed by atoms with Crippen LogP contribution in [0.15, 0.2) is 12.4 Å². The molecule has 1 saturated heterocycles. The Morgan fingerprint density at radius 3 is 3.26 bits per heavy atom. The Kier molecular flexibility index (Phi) is 3.33. The Morgan fingerprint density at radius 1 is 1.53 bits per heavy atom. The van der Waals surface area contributed by atoms with E-state index < -0.39 is 0 Å². The summed E-state index contributed by atoms with van der Waals surface area (Å²) in [6.45, 7) is 5.92. The SMILES string of the molecule is CCC1OCCC1CNc1cc(C)nc2ncnn12. The molecule has 19 heavy (non-hydrogen) atoms. The Hall–Kier alpha value is -1.69. The largest absolute Gasteiger partial charge is 0.378 e. The number of rotatable bonds is 4. The summed E-state index contributed by atoms with van der Waals surface area (Å²) in [5, 5.41) is 7.65. The smallest absolute Gasteiger partial charge is 0.254 e. The highest BCUT2D eigenvalue weighted by atomic mass is 16.5. The molecule has 1 aliphatic rings. The quantitative estimate of drug-likeness (QED) is 0.906. The van der Waals surface area contributed by atoms with E-state index in [-0.39, 0.29) is 0 Å². The predicted octanol–water partition coefficient (Wildman–Crippen LogP) is 1.66. The second-order valence-corrected chi connectivity index (χ2v) is 5.00. The van der Waals surface area contributed by atoms with Crippen LogP contribution in [0.2, 0.25) is 0 Å². The van der Waals surface area contributed by atoms with E-state index in [4.69, 9.17) is 4.74 Å². The number of fused-ring (bicyclic) bond motifs is 1. The maximum Gasteiger partial charge on any atom is 0.254 e. The van der Waals surface area contributed by atoms with Crippen LogP contribution in [0.5, 0.6) is 0 Å². The van der Waals surface area contributed by atoms with Crippen molar-refractivity contribution in [3.8, 4) is 0 Å². The Morgan fingerprint density at radius 2 is 2.42 bits per heavy atom. The lowest BCUT2D eigenvalue weighted by atomic mass is 10.00. The molecular weight excluding hydrogens is 242 g/mol. The molecule has 2 aromatic heterocycles. The minimum atomic E-state index is 0.377. The van der Waals surface area contributed by atoms with Crippen LogP contribution in [0, 0.1) is 12.8 Å². The number of aromatic nitrogens is 4. The van der Waals surface area contributed by atoms with Crippen molar-refractivity contribution in [3.63, 3.8) is 0 Å². The van der Waals surface area contributed by atoms with Gasteiger partial charge in [0.25, 0.3) is 5.78 Å². The van der Waals surface area contributed by atoms with Crippen LogP contribution >= 0.6 is 0 Å². The fourth-order valence-corrected chi connectivity index (χ4v) is 2.67. The minimum Gasteiger partial charge on any atom is -0.378 e. The lowest BCUT2D eigenvalue weighted by Gasteiger charge is -2.18. The third-order valence-corrected chi connectivity index (χ3v) is 3.67. The summed E-state index contributed by atoms with van der Waals surface area (Å²) in [7, 11) is 0. The second-order valence-electron chi connectivity index (χ2n) is 5.00. The van der Waals surface area contributed by atoms with Gasteiger partial charge in [0, 0.05) is 30.8 Å². The van der Waals surface area contributed by atoms with Gasteiger partial charge in [-0.05, 0) is 19.8 Å². The van der Waals surface area contributed by atoms with Gasteiger partial charge in [0.2, 0.25) is 0 Å². The molecule has 6 heteroatoms. The summed E-state index contributed by atoms with van der Waals surface area (Å²) in [4.78, 5) is 8.46. The summed E-state index contributed by atoms with van der Waals surface area (Å²) in [5.74, 6) is 2.15. The molecule has 2 unspecified atom stereocenters. The summed E-state index contributed by atoms with van der Waals surface area (Å²) < 4.78 is 7.45. The number of aryl methyl sites for hydroxylation is 1. The molecule has 2 atom stereocenters. The zero-order valence-corrected chi connectivity index (χ0v) is 11.3. The molecule has 1 N–H and O–H groups in total. The van der Waals surface area contributed by atoms with E-state index in [0.29, 0.717) is 17.8 Å². The third-order valence-electron chi connectivity index (χ3n) is 3.67. The van der Waals surface area contributed by atoms with Crippen molar-refractivity contribution in [2.45, 2.75) is 32.8 Å². The molecule has 0 aliphatic carbocycles. The molecule has 2 aromatic rings. The monoisotopic (exact) mass is 261 g/mol. The van der Waals surface area contributed by atoms with E-state index in [2.05, 4.69) is 27.3 Å². The average Bonchev–Trinajstić information content (AvgIpc) is 3.03. The van der Waals surface area contributed by atoms with Crippen molar-refractivity contribution >= 4 is 11.6 Å². The summed E-state index contributed by atoms with van der Waals surface area (Å²) >= 11 is 0. The van der Waals surface area contributed by atoms with Crippen LogP contribution in [0.25, 0.3) is 5.78 Å². The number of anilines is 1. The van der Waals surface area contributed by atoms with Gasteiger partial charge in [0.1, 0.15) is 12.1 Å². The molecule has 6 nitrogen and oxygen atoms in total. The van der Waals surface area contributed by atoms with Crippen molar-refractivity contribution in [3.05, 3.63) is 18.1 Å². The zero-order chi connectivity index (χ0) is 13.2. The fourth-order valence-electron chi connectivity index (χ4n) is 2.67. The standard InChI is InChI=1S/C13H19N5O/c1-3-11-10(4-5-19-11)7-14-12-6-9(2)17-13-15-8-16-18(12)13/h6,8,10-11,14H,3-5,7H2,1-2H3. The van der Waals surface area contributed by atoms with E-state index in [0.717, 1.165) is 37.5 Å². The molecule has 0 saturated carbocycles. The van der Waals surface area contributed by atoms with Gasteiger partial charge < -0.3 is 10.1 Å². The number of hydrogen-bond acceptors (Lipinski definition) is 5. The van der Waals surface area contributed by atoms with Crippen molar-refractivity contribution in [2.24, 2.45) is 5.92 Å².